The summed E-state index contributed by atoms with van der Waals surface area (Å²) in [5, 5.41) is 8.99. The Morgan fingerprint density at radius 3 is 2.91 bits per heavy atom. The predicted octanol–water partition coefficient (Wildman–Crippen LogP) is 1.96. The SMILES string of the molecule is COc1cc(CC(=O)N2CCSCC2CC(=O)O)ccc1C. The molecule has 1 aromatic carbocycles. The number of benzene rings is 1. The summed E-state index contributed by atoms with van der Waals surface area (Å²) in [6, 6.07) is 5.51. The smallest absolute Gasteiger partial charge is 0.305 e. The van der Waals surface area contributed by atoms with Crippen molar-refractivity contribution in [2.24, 2.45) is 0 Å². The van der Waals surface area contributed by atoms with E-state index in [9.17, 15) is 9.59 Å². The fraction of sp³-hybridized carbons (Fsp3) is 0.500. The summed E-state index contributed by atoms with van der Waals surface area (Å²) in [6.07, 6.45) is 0.285. The molecule has 5 nitrogen and oxygen atoms in total. The molecule has 2 rings (SSSR count). The fourth-order valence-corrected chi connectivity index (χ4v) is 3.67. The predicted molar refractivity (Wildman–Crippen MR) is 86.5 cm³/mol. The highest BCUT2D eigenvalue weighted by molar-refractivity contribution is 7.99. The molecule has 1 atom stereocenters. The van der Waals surface area contributed by atoms with Crippen LogP contribution in [0.15, 0.2) is 18.2 Å². The molecular formula is C16H21NO4S. The van der Waals surface area contributed by atoms with Crippen LogP contribution >= 0.6 is 11.8 Å². The number of hydrogen-bond donors (Lipinski definition) is 1. The third-order valence-electron chi connectivity index (χ3n) is 3.79. The first-order valence-electron chi connectivity index (χ1n) is 7.23. The summed E-state index contributed by atoms with van der Waals surface area (Å²) in [7, 11) is 1.61. The van der Waals surface area contributed by atoms with Gasteiger partial charge in [-0.3, -0.25) is 9.59 Å². The third-order valence-corrected chi connectivity index (χ3v) is 4.88. The van der Waals surface area contributed by atoms with Crippen LogP contribution in [0.2, 0.25) is 0 Å². The maximum Gasteiger partial charge on any atom is 0.305 e. The minimum Gasteiger partial charge on any atom is -0.496 e. The van der Waals surface area contributed by atoms with E-state index in [4.69, 9.17) is 9.84 Å². The number of hydrogen-bond acceptors (Lipinski definition) is 4. The van der Waals surface area contributed by atoms with Crippen LogP contribution in [0.25, 0.3) is 0 Å². The van der Waals surface area contributed by atoms with Crippen molar-refractivity contribution in [1.29, 1.82) is 0 Å². The molecule has 1 N–H and O–H groups in total. The number of carboxylic acid groups (broad SMARTS) is 1. The summed E-state index contributed by atoms with van der Waals surface area (Å²) < 4.78 is 5.28. The summed E-state index contributed by atoms with van der Waals surface area (Å²) in [4.78, 5) is 25.2. The average Bonchev–Trinajstić information content (AvgIpc) is 2.49. The van der Waals surface area contributed by atoms with Gasteiger partial charge in [-0.25, -0.2) is 0 Å². The Morgan fingerprint density at radius 1 is 1.45 bits per heavy atom. The Bertz CT molecular complexity index is 561. The molecule has 1 heterocycles. The lowest BCUT2D eigenvalue weighted by Gasteiger charge is -2.34. The van der Waals surface area contributed by atoms with E-state index < -0.39 is 5.97 Å². The van der Waals surface area contributed by atoms with Gasteiger partial charge < -0.3 is 14.7 Å². The van der Waals surface area contributed by atoms with E-state index >= 15 is 0 Å². The van der Waals surface area contributed by atoms with Crippen LogP contribution in [0.1, 0.15) is 17.5 Å². The first kappa shape index (κ1) is 16.7. The number of rotatable bonds is 5. The fourth-order valence-electron chi connectivity index (χ4n) is 2.60. The molecule has 120 valence electrons. The number of aliphatic carboxylic acids is 1. The number of carbonyl (C=O) groups is 2. The molecule has 1 saturated heterocycles. The normalized spacial score (nSPS) is 18.1. The Kier molecular flexibility index (Phi) is 5.71. The van der Waals surface area contributed by atoms with Gasteiger partial charge in [-0.05, 0) is 24.1 Å². The molecule has 0 bridgehead atoms. The van der Waals surface area contributed by atoms with Gasteiger partial charge in [0.1, 0.15) is 5.75 Å². The van der Waals surface area contributed by atoms with Crippen molar-refractivity contribution in [3.8, 4) is 5.75 Å². The molecule has 1 aromatic rings. The van der Waals surface area contributed by atoms with E-state index in [1.807, 2.05) is 25.1 Å². The maximum atomic E-state index is 12.5. The molecule has 6 heteroatoms. The van der Waals surface area contributed by atoms with Gasteiger partial charge in [0, 0.05) is 18.1 Å². The van der Waals surface area contributed by atoms with Gasteiger partial charge in [-0.15, -0.1) is 0 Å². The van der Waals surface area contributed by atoms with E-state index in [0.29, 0.717) is 12.3 Å². The van der Waals surface area contributed by atoms with Crippen molar-refractivity contribution in [3.05, 3.63) is 29.3 Å². The lowest BCUT2D eigenvalue weighted by molar-refractivity contribution is -0.140. The van der Waals surface area contributed by atoms with E-state index in [0.717, 1.165) is 22.6 Å². The Morgan fingerprint density at radius 2 is 2.23 bits per heavy atom. The Labute approximate surface area is 134 Å². The van der Waals surface area contributed by atoms with Crippen LogP contribution in [0.3, 0.4) is 0 Å². The first-order valence-corrected chi connectivity index (χ1v) is 8.39. The molecule has 1 fully saturated rings. The molecule has 1 aliphatic heterocycles. The van der Waals surface area contributed by atoms with Crippen molar-refractivity contribution in [3.63, 3.8) is 0 Å². The number of methoxy groups -OCH3 is 1. The number of ether oxygens (including phenoxy) is 1. The van der Waals surface area contributed by atoms with Gasteiger partial charge in [-0.1, -0.05) is 12.1 Å². The monoisotopic (exact) mass is 323 g/mol. The quantitative estimate of drug-likeness (QED) is 0.897. The molecule has 1 aliphatic rings. The van der Waals surface area contributed by atoms with Gasteiger partial charge in [0.05, 0.1) is 26.0 Å². The van der Waals surface area contributed by atoms with Crippen molar-refractivity contribution >= 4 is 23.6 Å². The molecule has 22 heavy (non-hydrogen) atoms. The zero-order chi connectivity index (χ0) is 16.1. The zero-order valence-corrected chi connectivity index (χ0v) is 13.7. The minimum absolute atomic E-state index is 0.00988. The van der Waals surface area contributed by atoms with E-state index in [-0.39, 0.29) is 24.8 Å². The standard InChI is InChI=1S/C16H21NO4S/c1-11-3-4-12(7-14(11)21-2)8-15(18)17-5-6-22-10-13(17)9-16(19)20/h3-4,7,13H,5-6,8-10H2,1-2H3,(H,19,20). The second kappa shape index (κ2) is 7.54. The molecular weight excluding hydrogens is 302 g/mol. The van der Waals surface area contributed by atoms with Crippen LogP contribution in [-0.4, -0.2) is 53.1 Å². The zero-order valence-electron chi connectivity index (χ0n) is 12.9. The maximum absolute atomic E-state index is 12.5. The largest absolute Gasteiger partial charge is 0.496 e. The summed E-state index contributed by atoms with van der Waals surface area (Å²) in [6.45, 7) is 2.57. The summed E-state index contributed by atoms with van der Waals surface area (Å²) >= 11 is 1.70. The van der Waals surface area contributed by atoms with Gasteiger partial charge >= 0.3 is 5.97 Å². The number of carbonyl (C=O) groups excluding carboxylic acids is 1. The topological polar surface area (TPSA) is 66.8 Å². The first-order chi connectivity index (χ1) is 10.5. The lowest BCUT2D eigenvalue weighted by atomic mass is 10.1. The molecule has 0 radical (unpaired) electrons. The number of thioether (sulfide) groups is 1. The second-order valence-corrected chi connectivity index (χ2v) is 6.54. The van der Waals surface area contributed by atoms with E-state index in [1.165, 1.54) is 0 Å². The summed E-state index contributed by atoms with van der Waals surface area (Å²) in [5.74, 6) is 1.44. The number of aryl methyl sites for hydroxylation is 1. The van der Waals surface area contributed by atoms with Crippen LogP contribution in [0.5, 0.6) is 5.75 Å². The molecule has 0 spiro atoms. The van der Waals surface area contributed by atoms with Crippen LogP contribution in [0, 0.1) is 6.92 Å². The van der Waals surface area contributed by atoms with Gasteiger partial charge in [0.15, 0.2) is 0 Å². The Balaban J connectivity index is 2.07. The number of amides is 1. The molecule has 1 unspecified atom stereocenters. The van der Waals surface area contributed by atoms with Gasteiger partial charge in [0.2, 0.25) is 5.91 Å². The highest BCUT2D eigenvalue weighted by atomic mass is 32.2. The number of carboxylic acids is 1. The van der Waals surface area contributed by atoms with E-state index in [1.54, 1.807) is 23.8 Å². The van der Waals surface area contributed by atoms with Crippen molar-refractivity contribution in [1.82, 2.24) is 4.90 Å². The summed E-state index contributed by atoms with van der Waals surface area (Å²) in [5.41, 5.74) is 1.91. The molecule has 0 aromatic heterocycles. The highest BCUT2D eigenvalue weighted by Gasteiger charge is 2.28. The van der Waals surface area contributed by atoms with Crippen LogP contribution < -0.4 is 4.74 Å². The lowest BCUT2D eigenvalue weighted by Crippen LogP contribution is -2.47. The third kappa shape index (κ3) is 4.16. The average molecular weight is 323 g/mol. The minimum atomic E-state index is -0.859. The van der Waals surface area contributed by atoms with E-state index in [2.05, 4.69) is 0 Å². The number of nitrogens with zero attached hydrogens (tertiary/aromatic N) is 1. The molecule has 1 amide bonds. The second-order valence-electron chi connectivity index (χ2n) is 5.39. The van der Waals surface area contributed by atoms with Gasteiger partial charge in [0.25, 0.3) is 0 Å². The van der Waals surface area contributed by atoms with Crippen molar-refractivity contribution in [2.75, 3.05) is 25.2 Å². The highest BCUT2D eigenvalue weighted by Crippen LogP contribution is 2.22. The van der Waals surface area contributed by atoms with Gasteiger partial charge in [-0.2, -0.15) is 11.8 Å². The Hall–Kier alpha value is -1.69. The van der Waals surface area contributed by atoms with Crippen molar-refractivity contribution in [2.45, 2.75) is 25.8 Å². The van der Waals surface area contributed by atoms with Crippen molar-refractivity contribution < 1.29 is 19.4 Å². The molecule has 0 saturated carbocycles. The molecule has 0 aliphatic carbocycles. The van der Waals surface area contributed by atoms with Crippen LogP contribution in [-0.2, 0) is 16.0 Å². The van der Waals surface area contributed by atoms with Crippen LogP contribution in [0.4, 0.5) is 0 Å².